The fourth-order valence-corrected chi connectivity index (χ4v) is 5.84. The molecule has 0 amide bonds. The lowest BCUT2D eigenvalue weighted by Gasteiger charge is -2.34. The summed E-state index contributed by atoms with van der Waals surface area (Å²) in [5.41, 5.74) is 2.00. The van der Waals surface area contributed by atoms with E-state index in [2.05, 4.69) is 29.3 Å². The molecule has 0 aliphatic heterocycles. The Morgan fingerprint density at radius 1 is 0.955 bits per heavy atom. The molecule has 0 saturated carbocycles. The first-order valence-corrected chi connectivity index (χ1v) is 10.3. The van der Waals surface area contributed by atoms with Crippen molar-refractivity contribution in [1.82, 2.24) is 15.4 Å². The Balaban J connectivity index is 3.14. The van der Waals surface area contributed by atoms with E-state index >= 15 is 0 Å². The predicted octanol–water partition coefficient (Wildman–Crippen LogP) is 3.23. The second-order valence-corrected chi connectivity index (χ2v) is 7.89. The minimum Gasteiger partial charge on any atom is -0.373 e. The van der Waals surface area contributed by atoms with Gasteiger partial charge in [-0.3, -0.25) is 0 Å². The van der Waals surface area contributed by atoms with Gasteiger partial charge in [-0.2, -0.15) is 15.4 Å². The van der Waals surface area contributed by atoms with Gasteiger partial charge in [-0.05, 0) is 40.0 Å². The van der Waals surface area contributed by atoms with Gasteiger partial charge in [0.15, 0.2) is 0 Å². The molecule has 0 spiro atoms. The number of aromatic amines is 1. The summed E-state index contributed by atoms with van der Waals surface area (Å²) in [5, 5.41) is 11.5. The minimum absolute atomic E-state index is 0.0259. The topological polar surface area (TPSA) is 69.3 Å². The highest BCUT2D eigenvalue weighted by molar-refractivity contribution is 6.62. The number of aryl methyl sites for hydroxylation is 1. The predicted molar refractivity (Wildman–Crippen MR) is 88.7 cm³/mol. The van der Waals surface area contributed by atoms with E-state index < -0.39 is 8.80 Å². The molecule has 0 aliphatic carbocycles. The fraction of sp³-hybridized carbons (Fsp3) is 0.867. The van der Waals surface area contributed by atoms with E-state index in [1.165, 1.54) is 0 Å². The molecule has 0 saturated heterocycles. The van der Waals surface area contributed by atoms with Crippen LogP contribution in [-0.2, 0) is 19.7 Å². The largest absolute Gasteiger partial charge is 0.510 e. The van der Waals surface area contributed by atoms with Gasteiger partial charge in [0, 0.05) is 19.8 Å². The molecule has 1 aromatic heterocycles. The Morgan fingerprint density at radius 2 is 1.55 bits per heavy atom. The molecular formula is C15H31N3O3Si. The third-order valence-corrected chi connectivity index (χ3v) is 7.23. The van der Waals surface area contributed by atoms with Crippen molar-refractivity contribution in [2.75, 3.05) is 19.8 Å². The maximum Gasteiger partial charge on any atom is 0.510 e. The van der Waals surface area contributed by atoms with Crippen LogP contribution in [0.2, 0.25) is 0 Å². The standard InChI is InChI=1S/C15H31N3O3Si/c1-6-11-12-13-15(17-18-16-13)14(7-2)22(19-8-3,20-9-4)21-10-5/h14H,6-12H2,1-5H3,(H,16,17,18). The van der Waals surface area contributed by atoms with E-state index in [1.54, 1.807) is 0 Å². The lowest BCUT2D eigenvalue weighted by Crippen LogP contribution is -2.52. The first-order valence-electron chi connectivity index (χ1n) is 8.50. The van der Waals surface area contributed by atoms with Crippen LogP contribution in [0.15, 0.2) is 0 Å². The smallest absolute Gasteiger partial charge is 0.373 e. The van der Waals surface area contributed by atoms with Crippen molar-refractivity contribution in [3.05, 3.63) is 11.4 Å². The molecule has 7 heteroatoms. The van der Waals surface area contributed by atoms with Crippen LogP contribution in [0.25, 0.3) is 0 Å². The lowest BCUT2D eigenvalue weighted by molar-refractivity contribution is 0.0606. The highest BCUT2D eigenvalue weighted by Gasteiger charge is 2.51. The molecule has 1 atom stereocenters. The summed E-state index contributed by atoms with van der Waals surface area (Å²) in [6.07, 6.45) is 4.02. The average molecular weight is 330 g/mol. The number of rotatable bonds is 12. The van der Waals surface area contributed by atoms with Gasteiger partial charge in [0.05, 0.1) is 16.9 Å². The van der Waals surface area contributed by atoms with Crippen molar-refractivity contribution in [3.8, 4) is 0 Å². The molecule has 1 N–H and O–H groups in total. The van der Waals surface area contributed by atoms with Crippen LogP contribution in [0.3, 0.4) is 0 Å². The molecule has 0 aliphatic rings. The number of aromatic nitrogens is 3. The number of hydrogen-bond acceptors (Lipinski definition) is 5. The van der Waals surface area contributed by atoms with Gasteiger partial charge < -0.3 is 13.3 Å². The lowest BCUT2D eigenvalue weighted by atomic mass is 10.1. The Labute approximate surface area is 135 Å². The quantitative estimate of drug-likeness (QED) is 0.596. The minimum atomic E-state index is -2.82. The van der Waals surface area contributed by atoms with E-state index in [0.29, 0.717) is 19.8 Å². The molecule has 1 rings (SSSR count). The summed E-state index contributed by atoms with van der Waals surface area (Å²) >= 11 is 0. The van der Waals surface area contributed by atoms with E-state index in [4.69, 9.17) is 13.3 Å². The first-order chi connectivity index (χ1) is 10.7. The maximum atomic E-state index is 6.06. The van der Waals surface area contributed by atoms with Crippen LogP contribution in [-0.4, -0.2) is 44.0 Å². The second-order valence-electron chi connectivity index (χ2n) is 5.12. The Kier molecular flexibility index (Phi) is 8.85. The van der Waals surface area contributed by atoms with Crippen LogP contribution < -0.4 is 0 Å². The molecule has 1 unspecified atom stereocenters. The summed E-state index contributed by atoms with van der Waals surface area (Å²) in [6, 6.07) is 0. The molecule has 0 fully saturated rings. The molecule has 128 valence electrons. The van der Waals surface area contributed by atoms with Crippen molar-refractivity contribution in [2.45, 2.75) is 65.8 Å². The fourth-order valence-electron chi connectivity index (χ4n) is 2.71. The van der Waals surface area contributed by atoms with Gasteiger partial charge in [0.25, 0.3) is 0 Å². The molecule has 6 nitrogen and oxygen atoms in total. The van der Waals surface area contributed by atoms with Crippen molar-refractivity contribution in [1.29, 1.82) is 0 Å². The van der Waals surface area contributed by atoms with Gasteiger partial charge in [0.2, 0.25) is 0 Å². The summed E-state index contributed by atoms with van der Waals surface area (Å²) < 4.78 is 18.2. The van der Waals surface area contributed by atoms with Crippen LogP contribution >= 0.6 is 0 Å². The number of H-pyrrole nitrogens is 1. The van der Waals surface area contributed by atoms with Crippen molar-refractivity contribution >= 4 is 8.80 Å². The third kappa shape index (κ3) is 4.61. The van der Waals surface area contributed by atoms with E-state index in [0.717, 1.165) is 37.1 Å². The monoisotopic (exact) mass is 329 g/mol. The summed E-state index contributed by atoms with van der Waals surface area (Å²) in [6.45, 7) is 12.0. The van der Waals surface area contributed by atoms with E-state index in [-0.39, 0.29) is 5.54 Å². The highest BCUT2D eigenvalue weighted by atomic mass is 28.4. The Morgan fingerprint density at radius 3 is 2.00 bits per heavy atom. The van der Waals surface area contributed by atoms with E-state index in [9.17, 15) is 0 Å². The zero-order valence-electron chi connectivity index (χ0n) is 14.6. The summed E-state index contributed by atoms with van der Waals surface area (Å²) in [5.74, 6) is 0. The van der Waals surface area contributed by atoms with Crippen molar-refractivity contribution in [2.24, 2.45) is 0 Å². The van der Waals surface area contributed by atoms with Crippen LogP contribution in [0.1, 0.15) is 70.8 Å². The van der Waals surface area contributed by atoms with Gasteiger partial charge in [-0.1, -0.05) is 20.3 Å². The van der Waals surface area contributed by atoms with E-state index in [1.807, 2.05) is 20.8 Å². The van der Waals surface area contributed by atoms with Crippen LogP contribution in [0.4, 0.5) is 0 Å². The first kappa shape index (κ1) is 19.3. The molecule has 0 bridgehead atoms. The molecule has 1 aromatic rings. The Hall–Kier alpha value is -0.763. The molecule has 0 aromatic carbocycles. The molecule has 22 heavy (non-hydrogen) atoms. The van der Waals surface area contributed by atoms with Crippen LogP contribution in [0, 0.1) is 0 Å². The number of nitrogens with zero attached hydrogens (tertiary/aromatic N) is 2. The zero-order chi connectivity index (χ0) is 16.4. The van der Waals surface area contributed by atoms with Crippen molar-refractivity contribution in [3.63, 3.8) is 0 Å². The Bertz CT molecular complexity index is 397. The zero-order valence-corrected chi connectivity index (χ0v) is 15.6. The third-order valence-electron chi connectivity index (χ3n) is 3.62. The molecule has 1 heterocycles. The van der Waals surface area contributed by atoms with Gasteiger partial charge in [-0.15, -0.1) is 0 Å². The van der Waals surface area contributed by atoms with Gasteiger partial charge in [0.1, 0.15) is 0 Å². The SMILES string of the molecule is CCCCc1n[nH]nc1C(CC)[Si](OCC)(OCC)OCC. The normalized spacial score (nSPS) is 13.5. The van der Waals surface area contributed by atoms with Crippen LogP contribution in [0.5, 0.6) is 0 Å². The van der Waals surface area contributed by atoms with Gasteiger partial charge >= 0.3 is 8.80 Å². The number of unbranched alkanes of at least 4 members (excludes halogenated alkanes) is 1. The summed E-state index contributed by atoms with van der Waals surface area (Å²) in [7, 11) is -2.82. The summed E-state index contributed by atoms with van der Waals surface area (Å²) in [4.78, 5) is 0. The maximum absolute atomic E-state index is 6.06. The molecular weight excluding hydrogens is 298 g/mol. The second kappa shape index (κ2) is 10.1. The number of hydrogen-bond donors (Lipinski definition) is 1. The number of nitrogens with one attached hydrogen (secondary N) is 1. The average Bonchev–Trinajstić information content (AvgIpc) is 2.95. The van der Waals surface area contributed by atoms with Crippen molar-refractivity contribution < 1.29 is 13.3 Å². The van der Waals surface area contributed by atoms with Gasteiger partial charge in [-0.25, -0.2) is 0 Å². The molecule has 0 radical (unpaired) electrons. The highest BCUT2D eigenvalue weighted by Crippen LogP contribution is 2.33.